The van der Waals surface area contributed by atoms with Crippen molar-refractivity contribution in [1.29, 1.82) is 0 Å². The molecule has 0 aliphatic carbocycles. The first kappa shape index (κ1) is 19.1. The van der Waals surface area contributed by atoms with Crippen LogP contribution in [0.25, 0.3) is 0 Å². The number of rotatable bonds is 2. The highest BCUT2D eigenvalue weighted by molar-refractivity contribution is 5.77. The lowest BCUT2D eigenvalue weighted by Crippen LogP contribution is -2.53. The van der Waals surface area contributed by atoms with E-state index in [1.54, 1.807) is 0 Å². The van der Waals surface area contributed by atoms with Gasteiger partial charge < -0.3 is 14.7 Å². The van der Waals surface area contributed by atoms with Gasteiger partial charge in [0.25, 0.3) is 0 Å². The average Bonchev–Trinajstić information content (AvgIpc) is 2.87. The Balaban J connectivity index is 1.48. The van der Waals surface area contributed by atoms with Crippen molar-refractivity contribution in [2.24, 2.45) is 5.92 Å². The van der Waals surface area contributed by atoms with Gasteiger partial charge in [-0.3, -0.25) is 9.69 Å². The third kappa shape index (κ3) is 4.37. The van der Waals surface area contributed by atoms with E-state index in [2.05, 4.69) is 32.6 Å². The van der Waals surface area contributed by atoms with Crippen molar-refractivity contribution >= 4 is 5.91 Å². The number of aliphatic hydroxyl groups is 1. The first-order chi connectivity index (χ1) is 11.6. The van der Waals surface area contributed by atoms with Gasteiger partial charge in [0.05, 0.1) is 17.6 Å². The summed E-state index contributed by atoms with van der Waals surface area (Å²) in [5.41, 5.74) is -0.678. The minimum atomic E-state index is -0.827. The van der Waals surface area contributed by atoms with Crippen LogP contribution < -0.4 is 0 Å². The van der Waals surface area contributed by atoms with Crippen LogP contribution in [0.1, 0.15) is 66.2 Å². The van der Waals surface area contributed by atoms with E-state index in [9.17, 15) is 9.90 Å². The number of hydrogen-bond acceptors (Lipinski definition) is 4. The summed E-state index contributed by atoms with van der Waals surface area (Å²) in [6.45, 7) is 13.0. The summed E-state index contributed by atoms with van der Waals surface area (Å²) < 4.78 is 6.04. The van der Waals surface area contributed by atoms with Gasteiger partial charge in [0.1, 0.15) is 0 Å². The summed E-state index contributed by atoms with van der Waals surface area (Å²) in [7, 11) is 0. The average molecular weight is 353 g/mol. The molecule has 0 aromatic rings. The summed E-state index contributed by atoms with van der Waals surface area (Å²) >= 11 is 0. The summed E-state index contributed by atoms with van der Waals surface area (Å²) in [5.74, 6) is 0.753. The van der Waals surface area contributed by atoms with Crippen molar-refractivity contribution in [1.82, 2.24) is 9.80 Å². The molecule has 5 nitrogen and oxygen atoms in total. The van der Waals surface area contributed by atoms with E-state index in [4.69, 9.17) is 4.74 Å². The highest BCUT2D eigenvalue weighted by atomic mass is 16.5. The SMILES string of the molecule is C[C@@H]1COC2(CCN(C(=O)CC3(O)CCN(C(C)(C)C)CC3)CC2)C1. The van der Waals surface area contributed by atoms with E-state index < -0.39 is 5.60 Å². The standard InChI is InChI=1S/C20H36N2O3/c1-16-13-20(25-15-16)7-9-21(10-8-20)17(23)14-19(24)5-11-22(12-6-19)18(2,3)4/h16,24H,5-15H2,1-4H3/t16-/m0/s1. The smallest absolute Gasteiger partial charge is 0.225 e. The van der Waals surface area contributed by atoms with Gasteiger partial charge in [-0.15, -0.1) is 0 Å². The van der Waals surface area contributed by atoms with E-state index in [-0.39, 0.29) is 23.5 Å². The molecule has 1 amide bonds. The molecule has 0 aromatic carbocycles. The topological polar surface area (TPSA) is 53.0 Å². The Morgan fingerprint density at radius 1 is 1.12 bits per heavy atom. The molecule has 144 valence electrons. The second-order valence-corrected chi connectivity index (χ2v) is 9.74. The molecule has 0 saturated carbocycles. The third-order valence-corrected chi connectivity index (χ3v) is 6.55. The van der Waals surface area contributed by atoms with Crippen LogP contribution in [-0.4, -0.2) is 70.3 Å². The molecule has 0 unspecified atom stereocenters. The van der Waals surface area contributed by atoms with Crippen LogP contribution in [0, 0.1) is 5.92 Å². The van der Waals surface area contributed by atoms with Gasteiger partial charge >= 0.3 is 0 Å². The maximum atomic E-state index is 12.7. The number of ether oxygens (including phenoxy) is 1. The zero-order valence-corrected chi connectivity index (χ0v) is 16.5. The van der Waals surface area contributed by atoms with E-state index in [1.807, 2.05) is 4.90 Å². The van der Waals surface area contributed by atoms with Crippen LogP contribution in [0.3, 0.4) is 0 Å². The van der Waals surface area contributed by atoms with Crippen molar-refractivity contribution in [3.63, 3.8) is 0 Å². The molecule has 0 bridgehead atoms. The Bertz CT molecular complexity index is 484. The summed E-state index contributed by atoms with van der Waals surface area (Å²) in [6.07, 6.45) is 4.66. The second-order valence-electron chi connectivity index (χ2n) is 9.74. The van der Waals surface area contributed by atoms with Crippen LogP contribution in [0.15, 0.2) is 0 Å². The second kappa shape index (κ2) is 6.82. The van der Waals surface area contributed by atoms with Gasteiger partial charge in [0.2, 0.25) is 5.91 Å². The quantitative estimate of drug-likeness (QED) is 0.829. The number of amides is 1. The number of carbonyl (C=O) groups is 1. The maximum absolute atomic E-state index is 12.7. The molecule has 0 radical (unpaired) electrons. The Morgan fingerprint density at radius 3 is 2.20 bits per heavy atom. The molecule has 3 fully saturated rings. The molecule has 3 saturated heterocycles. The number of carbonyl (C=O) groups excluding carboxylic acids is 1. The van der Waals surface area contributed by atoms with Crippen molar-refractivity contribution < 1.29 is 14.6 Å². The Labute approximate surface area is 152 Å². The van der Waals surface area contributed by atoms with E-state index >= 15 is 0 Å². The Kier molecular flexibility index (Phi) is 5.22. The predicted octanol–water partition coefficient (Wildman–Crippen LogP) is 2.42. The number of hydrogen-bond donors (Lipinski definition) is 1. The molecule has 1 spiro atoms. The third-order valence-electron chi connectivity index (χ3n) is 6.55. The lowest BCUT2D eigenvalue weighted by molar-refractivity contribution is -0.143. The van der Waals surface area contributed by atoms with E-state index in [0.717, 1.165) is 52.0 Å². The lowest BCUT2D eigenvalue weighted by Gasteiger charge is -2.45. The van der Waals surface area contributed by atoms with Crippen LogP contribution in [0.5, 0.6) is 0 Å². The van der Waals surface area contributed by atoms with Gasteiger partial charge in [0, 0.05) is 38.3 Å². The lowest BCUT2D eigenvalue weighted by atomic mass is 9.84. The van der Waals surface area contributed by atoms with Gasteiger partial charge in [-0.25, -0.2) is 0 Å². The minimum Gasteiger partial charge on any atom is -0.389 e. The molecule has 1 N–H and O–H groups in total. The molecule has 0 aromatic heterocycles. The molecule has 3 aliphatic rings. The largest absolute Gasteiger partial charge is 0.389 e. The summed E-state index contributed by atoms with van der Waals surface area (Å²) in [5, 5.41) is 10.9. The normalized spacial score (nSPS) is 30.0. The molecule has 3 heterocycles. The van der Waals surface area contributed by atoms with Gasteiger partial charge in [-0.2, -0.15) is 0 Å². The van der Waals surface area contributed by atoms with Crippen LogP contribution >= 0.6 is 0 Å². The van der Waals surface area contributed by atoms with E-state index in [1.165, 1.54) is 0 Å². The first-order valence-electron chi connectivity index (χ1n) is 10.0. The molecule has 3 rings (SSSR count). The van der Waals surface area contributed by atoms with Crippen molar-refractivity contribution in [3.05, 3.63) is 0 Å². The van der Waals surface area contributed by atoms with Crippen LogP contribution in [-0.2, 0) is 9.53 Å². The zero-order chi connectivity index (χ0) is 18.3. The zero-order valence-electron chi connectivity index (χ0n) is 16.5. The minimum absolute atomic E-state index is 0.0190. The monoisotopic (exact) mass is 352 g/mol. The Morgan fingerprint density at radius 2 is 1.72 bits per heavy atom. The predicted molar refractivity (Wildman–Crippen MR) is 98.4 cm³/mol. The molecular weight excluding hydrogens is 316 g/mol. The van der Waals surface area contributed by atoms with Crippen LogP contribution in [0.2, 0.25) is 0 Å². The van der Waals surface area contributed by atoms with Gasteiger partial charge in [-0.05, 0) is 58.8 Å². The van der Waals surface area contributed by atoms with E-state index in [0.29, 0.717) is 18.8 Å². The fraction of sp³-hybridized carbons (Fsp3) is 0.950. The summed E-state index contributed by atoms with van der Waals surface area (Å²) in [4.78, 5) is 17.1. The number of piperidine rings is 2. The van der Waals surface area contributed by atoms with Crippen molar-refractivity contribution in [2.45, 2.75) is 83.0 Å². The summed E-state index contributed by atoms with van der Waals surface area (Å²) in [6, 6.07) is 0. The fourth-order valence-electron chi connectivity index (χ4n) is 4.75. The highest BCUT2D eigenvalue weighted by Gasteiger charge is 2.43. The first-order valence-corrected chi connectivity index (χ1v) is 10.0. The molecule has 5 heteroatoms. The molecule has 25 heavy (non-hydrogen) atoms. The van der Waals surface area contributed by atoms with Gasteiger partial charge in [-0.1, -0.05) is 6.92 Å². The number of nitrogens with zero attached hydrogens (tertiary/aromatic N) is 2. The molecule has 3 aliphatic heterocycles. The van der Waals surface area contributed by atoms with Crippen LogP contribution in [0.4, 0.5) is 0 Å². The number of likely N-dealkylation sites (tertiary alicyclic amines) is 2. The van der Waals surface area contributed by atoms with Crippen molar-refractivity contribution in [2.75, 3.05) is 32.8 Å². The fourth-order valence-corrected chi connectivity index (χ4v) is 4.75. The Hall–Kier alpha value is -0.650. The maximum Gasteiger partial charge on any atom is 0.225 e. The highest BCUT2D eigenvalue weighted by Crippen LogP contribution is 2.39. The van der Waals surface area contributed by atoms with Gasteiger partial charge in [0.15, 0.2) is 0 Å². The molecular formula is C20H36N2O3. The van der Waals surface area contributed by atoms with Crippen molar-refractivity contribution in [3.8, 4) is 0 Å². The molecule has 1 atom stereocenters.